The van der Waals surface area contributed by atoms with Gasteiger partial charge in [-0.15, -0.1) is 0 Å². The minimum absolute atomic E-state index is 0.0577. The number of carboxylic acid groups (broad SMARTS) is 2. The van der Waals surface area contributed by atoms with E-state index in [9.17, 15) is 14.7 Å². The average molecular weight is 248 g/mol. The number of carboxylic acids is 1. The van der Waals surface area contributed by atoms with Gasteiger partial charge < -0.3 is 10.2 Å². The first-order valence-corrected chi connectivity index (χ1v) is 5.31. The van der Waals surface area contributed by atoms with E-state index in [1.807, 2.05) is 0 Å². The van der Waals surface area contributed by atoms with Crippen molar-refractivity contribution in [1.82, 2.24) is 9.88 Å². The normalized spacial score (nSPS) is 22.7. The molecule has 1 aromatic rings. The molecule has 1 aliphatic heterocycles. The van der Waals surface area contributed by atoms with Gasteiger partial charge in [0.15, 0.2) is 5.54 Å². The topological polar surface area (TPSA) is 90.7 Å². The van der Waals surface area contributed by atoms with Crippen molar-refractivity contribution in [2.24, 2.45) is 0 Å². The van der Waals surface area contributed by atoms with Crippen molar-refractivity contribution in [3.63, 3.8) is 0 Å². The molecular weight excluding hydrogens is 236 g/mol. The maximum atomic E-state index is 11.3. The third kappa shape index (κ3) is 1.81. The van der Waals surface area contributed by atoms with Crippen LogP contribution < -0.4 is 0 Å². The first-order valence-electron chi connectivity index (χ1n) is 5.31. The maximum Gasteiger partial charge on any atom is 0.408 e. The molecule has 0 bridgehead atoms. The number of aromatic nitrogens is 1. The van der Waals surface area contributed by atoms with Crippen LogP contribution in [0.3, 0.4) is 0 Å². The summed E-state index contributed by atoms with van der Waals surface area (Å²) in [6.45, 7) is 1.43. The largest absolute Gasteiger partial charge is 0.479 e. The lowest BCUT2D eigenvalue weighted by Gasteiger charge is -2.27. The SMILES string of the molecule is C[C@]1(C(=O)O)C=C(c2ccncc2)CN1C(=O)O. The van der Waals surface area contributed by atoms with E-state index in [2.05, 4.69) is 4.98 Å². The minimum atomic E-state index is -1.52. The Morgan fingerprint density at radius 1 is 1.33 bits per heavy atom. The molecule has 2 heterocycles. The number of aliphatic carboxylic acids is 1. The molecule has 6 nitrogen and oxygen atoms in total. The van der Waals surface area contributed by atoms with Gasteiger partial charge in [0.05, 0.1) is 6.54 Å². The van der Waals surface area contributed by atoms with E-state index in [-0.39, 0.29) is 6.54 Å². The van der Waals surface area contributed by atoms with Gasteiger partial charge in [-0.2, -0.15) is 0 Å². The van der Waals surface area contributed by atoms with Crippen molar-refractivity contribution in [3.05, 3.63) is 36.2 Å². The third-order valence-electron chi connectivity index (χ3n) is 3.06. The fourth-order valence-corrected chi connectivity index (χ4v) is 1.98. The van der Waals surface area contributed by atoms with Crippen LogP contribution in [0.2, 0.25) is 0 Å². The Morgan fingerprint density at radius 2 is 1.94 bits per heavy atom. The lowest BCUT2D eigenvalue weighted by Crippen LogP contribution is -2.50. The summed E-state index contributed by atoms with van der Waals surface area (Å²) in [7, 11) is 0. The molecular formula is C12H12N2O4. The van der Waals surface area contributed by atoms with Crippen LogP contribution in [0.5, 0.6) is 0 Å². The first-order chi connectivity index (χ1) is 8.45. The molecule has 0 radical (unpaired) electrons. The molecule has 0 fully saturated rings. The van der Waals surface area contributed by atoms with Crippen molar-refractivity contribution >= 4 is 17.6 Å². The molecule has 18 heavy (non-hydrogen) atoms. The molecule has 2 N–H and O–H groups in total. The summed E-state index contributed by atoms with van der Waals surface area (Å²) < 4.78 is 0. The molecule has 0 aliphatic carbocycles. The minimum Gasteiger partial charge on any atom is -0.479 e. The van der Waals surface area contributed by atoms with Gasteiger partial charge in [-0.25, -0.2) is 9.59 Å². The van der Waals surface area contributed by atoms with Crippen LogP contribution in [0.25, 0.3) is 5.57 Å². The highest BCUT2D eigenvalue weighted by Gasteiger charge is 2.45. The molecule has 94 valence electrons. The number of nitrogens with zero attached hydrogens (tertiary/aromatic N) is 2. The maximum absolute atomic E-state index is 11.3. The molecule has 1 atom stereocenters. The van der Waals surface area contributed by atoms with Crippen LogP contribution in [-0.2, 0) is 4.79 Å². The number of hydrogen-bond donors (Lipinski definition) is 2. The summed E-state index contributed by atoms with van der Waals surface area (Å²) in [4.78, 5) is 27.1. The van der Waals surface area contributed by atoms with E-state index < -0.39 is 17.6 Å². The van der Waals surface area contributed by atoms with E-state index >= 15 is 0 Å². The highest BCUT2D eigenvalue weighted by Crippen LogP contribution is 2.32. The van der Waals surface area contributed by atoms with E-state index in [4.69, 9.17) is 5.11 Å². The van der Waals surface area contributed by atoms with Gasteiger partial charge in [0.25, 0.3) is 0 Å². The number of amides is 1. The van der Waals surface area contributed by atoms with Crippen LogP contribution >= 0.6 is 0 Å². The van der Waals surface area contributed by atoms with Gasteiger partial charge in [0.1, 0.15) is 0 Å². The fraction of sp³-hybridized carbons (Fsp3) is 0.250. The van der Waals surface area contributed by atoms with Crippen molar-refractivity contribution < 1.29 is 19.8 Å². The zero-order valence-corrected chi connectivity index (χ0v) is 9.70. The van der Waals surface area contributed by atoms with Crippen molar-refractivity contribution in [2.75, 3.05) is 6.54 Å². The Balaban J connectivity index is 2.43. The highest BCUT2D eigenvalue weighted by molar-refractivity contribution is 5.92. The van der Waals surface area contributed by atoms with Crippen LogP contribution in [0.4, 0.5) is 4.79 Å². The number of hydrogen-bond acceptors (Lipinski definition) is 3. The molecule has 0 saturated heterocycles. The predicted molar refractivity (Wildman–Crippen MR) is 63.0 cm³/mol. The molecule has 1 amide bonds. The lowest BCUT2D eigenvalue weighted by molar-refractivity contribution is -0.145. The summed E-state index contributed by atoms with van der Waals surface area (Å²) in [5.41, 5.74) is -0.0734. The number of carbonyl (C=O) groups is 2. The van der Waals surface area contributed by atoms with E-state index in [0.29, 0.717) is 5.57 Å². The summed E-state index contributed by atoms with van der Waals surface area (Å²) in [5, 5.41) is 18.3. The van der Waals surface area contributed by atoms with Crippen molar-refractivity contribution in [3.8, 4) is 0 Å². The van der Waals surface area contributed by atoms with E-state index in [0.717, 1.165) is 10.5 Å². The highest BCUT2D eigenvalue weighted by atomic mass is 16.4. The van der Waals surface area contributed by atoms with Crippen LogP contribution in [0.1, 0.15) is 12.5 Å². The zero-order valence-electron chi connectivity index (χ0n) is 9.70. The van der Waals surface area contributed by atoms with Gasteiger partial charge in [0, 0.05) is 12.4 Å². The van der Waals surface area contributed by atoms with Gasteiger partial charge >= 0.3 is 12.1 Å². The monoisotopic (exact) mass is 248 g/mol. The van der Waals surface area contributed by atoms with Crippen LogP contribution in [0, 0.1) is 0 Å². The van der Waals surface area contributed by atoms with Gasteiger partial charge in [-0.3, -0.25) is 9.88 Å². The fourth-order valence-electron chi connectivity index (χ4n) is 1.98. The molecule has 2 rings (SSSR count). The van der Waals surface area contributed by atoms with Crippen LogP contribution in [0.15, 0.2) is 30.6 Å². The summed E-state index contributed by atoms with van der Waals surface area (Å²) >= 11 is 0. The standard InChI is InChI=1S/C12H12N2O4/c1-12(10(15)16)6-9(7-14(12)11(17)18)8-2-4-13-5-3-8/h2-6H,7H2,1H3,(H,15,16)(H,17,18)/t12-/m1/s1. The first kappa shape index (κ1) is 12.1. The molecule has 1 aromatic heterocycles. The third-order valence-corrected chi connectivity index (χ3v) is 3.06. The molecule has 0 saturated carbocycles. The Hall–Kier alpha value is -2.37. The van der Waals surface area contributed by atoms with Gasteiger partial charge in [-0.05, 0) is 36.3 Å². The van der Waals surface area contributed by atoms with E-state index in [1.54, 1.807) is 24.5 Å². The van der Waals surface area contributed by atoms with Crippen molar-refractivity contribution in [1.29, 1.82) is 0 Å². The number of pyridine rings is 1. The predicted octanol–water partition coefficient (Wildman–Crippen LogP) is 1.30. The molecule has 0 aromatic carbocycles. The second-order valence-electron chi connectivity index (χ2n) is 4.23. The Morgan fingerprint density at radius 3 is 2.39 bits per heavy atom. The Labute approximate surface area is 103 Å². The number of rotatable bonds is 2. The smallest absolute Gasteiger partial charge is 0.408 e. The summed E-state index contributed by atoms with van der Waals surface area (Å²) in [6.07, 6.45) is 3.38. The molecule has 6 heteroatoms. The van der Waals surface area contributed by atoms with E-state index in [1.165, 1.54) is 13.0 Å². The summed E-state index contributed by atoms with van der Waals surface area (Å²) in [5.74, 6) is -1.19. The average Bonchev–Trinajstić information content (AvgIpc) is 2.70. The second kappa shape index (κ2) is 4.14. The summed E-state index contributed by atoms with van der Waals surface area (Å²) in [6, 6.07) is 3.44. The zero-order chi connectivity index (χ0) is 13.3. The van der Waals surface area contributed by atoms with Gasteiger partial charge in [0.2, 0.25) is 0 Å². The Bertz CT molecular complexity index is 526. The Kier molecular flexibility index (Phi) is 2.78. The second-order valence-corrected chi connectivity index (χ2v) is 4.23. The molecule has 1 aliphatic rings. The molecule has 0 spiro atoms. The molecule has 0 unspecified atom stereocenters. The quantitative estimate of drug-likeness (QED) is 0.823. The lowest BCUT2D eigenvalue weighted by atomic mass is 10.0. The van der Waals surface area contributed by atoms with Crippen LogP contribution in [-0.4, -0.2) is 44.2 Å². The van der Waals surface area contributed by atoms with Gasteiger partial charge in [-0.1, -0.05) is 0 Å². The van der Waals surface area contributed by atoms with Crippen molar-refractivity contribution in [2.45, 2.75) is 12.5 Å².